The van der Waals surface area contributed by atoms with Gasteiger partial charge in [0.05, 0.1) is 16.1 Å². The molecule has 0 atom stereocenters. The van der Waals surface area contributed by atoms with Gasteiger partial charge in [0, 0.05) is 13.0 Å². The lowest BCUT2D eigenvalue weighted by molar-refractivity contribution is 0.0950. The fourth-order valence-corrected chi connectivity index (χ4v) is 3.16. The van der Waals surface area contributed by atoms with Crippen molar-refractivity contribution in [1.82, 2.24) is 10.3 Å². The number of aromatic nitrogens is 1. The molecule has 23 heavy (non-hydrogen) atoms. The number of amides is 1. The van der Waals surface area contributed by atoms with Gasteiger partial charge in [0.15, 0.2) is 0 Å². The van der Waals surface area contributed by atoms with Crippen LogP contribution in [0.5, 0.6) is 0 Å². The lowest BCUT2D eigenvalue weighted by Crippen LogP contribution is -2.26. The number of furan rings is 1. The van der Waals surface area contributed by atoms with Gasteiger partial charge in [0.1, 0.15) is 17.3 Å². The molecule has 0 bridgehead atoms. The third-order valence-corrected chi connectivity index (χ3v) is 4.29. The van der Waals surface area contributed by atoms with E-state index in [1.165, 1.54) is 23.5 Å². The number of aryl methyl sites for hydroxylation is 1. The molecule has 4 nitrogen and oxygen atoms in total. The molecular formula is C17H15FN2O2S. The zero-order valence-electron chi connectivity index (χ0n) is 12.5. The van der Waals surface area contributed by atoms with Crippen LogP contribution in [0.1, 0.15) is 21.3 Å². The smallest absolute Gasteiger partial charge is 0.271 e. The maximum absolute atomic E-state index is 13.4. The van der Waals surface area contributed by atoms with E-state index in [0.717, 1.165) is 10.8 Å². The van der Waals surface area contributed by atoms with Crippen LogP contribution in [0.3, 0.4) is 0 Å². The Kier molecular flexibility index (Phi) is 4.52. The Morgan fingerprint density at radius 3 is 2.96 bits per heavy atom. The molecule has 0 saturated heterocycles. The zero-order chi connectivity index (χ0) is 16.2. The van der Waals surface area contributed by atoms with Crippen molar-refractivity contribution < 1.29 is 13.6 Å². The number of nitrogens with zero attached hydrogens (tertiary/aromatic N) is 1. The molecule has 118 valence electrons. The van der Waals surface area contributed by atoms with E-state index < -0.39 is 0 Å². The van der Waals surface area contributed by atoms with Crippen molar-refractivity contribution in [3.8, 4) is 10.4 Å². The van der Waals surface area contributed by atoms with E-state index in [1.54, 1.807) is 18.4 Å². The van der Waals surface area contributed by atoms with E-state index in [0.29, 0.717) is 29.1 Å². The molecule has 1 N–H and O–H groups in total. The summed E-state index contributed by atoms with van der Waals surface area (Å²) in [5.41, 5.74) is 0.990. The molecule has 0 aliphatic carbocycles. The van der Waals surface area contributed by atoms with Crippen LogP contribution >= 0.6 is 11.3 Å². The molecule has 3 rings (SSSR count). The van der Waals surface area contributed by atoms with Gasteiger partial charge in [-0.15, -0.1) is 11.3 Å². The van der Waals surface area contributed by atoms with Gasteiger partial charge in [-0.2, -0.15) is 0 Å². The fourth-order valence-electron chi connectivity index (χ4n) is 2.24. The van der Waals surface area contributed by atoms with Crippen molar-refractivity contribution >= 4 is 17.2 Å². The van der Waals surface area contributed by atoms with E-state index in [-0.39, 0.29) is 11.7 Å². The SMILES string of the molecule is Cc1nc(C(=O)NCCc2ccco2)c(-c2cccc(F)c2)s1. The quantitative estimate of drug-likeness (QED) is 0.774. The molecule has 1 aromatic carbocycles. The summed E-state index contributed by atoms with van der Waals surface area (Å²) in [7, 11) is 0. The van der Waals surface area contributed by atoms with Gasteiger partial charge in [-0.25, -0.2) is 9.37 Å². The number of thiazole rings is 1. The maximum atomic E-state index is 13.4. The summed E-state index contributed by atoms with van der Waals surface area (Å²) in [4.78, 5) is 17.3. The number of carbonyl (C=O) groups is 1. The van der Waals surface area contributed by atoms with Gasteiger partial charge in [0.2, 0.25) is 0 Å². The van der Waals surface area contributed by atoms with Crippen molar-refractivity contribution in [2.75, 3.05) is 6.54 Å². The summed E-state index contributed by atoms with van der Waals surface area (Å²) in [6.07, 6.45) is 2.21. The first-order valence-electron chi connectivity index (χ1n) is 7.17. The normalized spacial score (nSPS) is 10.7. The van der Waals surface area contributed by atoms with Gasteiger partial charge >= 0.3 is 0 Å². The highest BCUT2D eigenvalue weighted by Gasteiger charge is 2.18. The predicted molar refractivity (Wildman–Crippen MR) is 87.0 cm³/mol. The maximum Gasteiger partial charge on any atom is 0.271 e. The molecule has 0 aliphatic rings. The Morgan fingerprint density at radius 2 is 2.22 bits per heavy atom. The Bertz CT molecular complexity index is 812. The molecule has 1 amide bonds. The highest BCUT2D eigenvalue weighted by atomic mass is 32.1. The number of carbonyl (C=O) groups excluding carboxylic acids is 1. The molecule has 0 fully saturated rings. The summed E-state index contributed by atoms with van der Waals surface area (Å²) in [6, 6.07) is 9.85. The molecule has 0 aliphatic heterocycles. The van der Waals surface area contributed by atoms with E-state index in [2.05, 4.69) is 10.3 Å². The Hall–Kier alpha value is -2.47. The van der Waals surface area contributed by atoms with Crippen LogP contribution in [0.2, 0.25) is 0 Å². The van der Waals surface area contributed by atoms with Crippen LogP contribution in [0, 0.1) is 12.7 Å². The topological polar surface area (TPSA) is 55.1 Å². The van der Waals surface area contributed by atoms with E-state index >= 15 is 0 Å². The second-order valence-electron chi connectivity index (χ2n) is 5.01. The largest absolute Gasteiger partial charge is 0.469 e. The lowest BCUT2D eigenvalue weighted by atomic mass is 10.1. The molecule has 2 heterocycles. The highest BCUT2D eigenvalue weighted by Crippen LogP contribution is 2.30. The second-order valence-corrected chi connectivity index (χ2v) is 6.21. The number of halogens is 1. The molecule has 6 heteroatoms. The molecule has 0 spiro atoms. The number of nitrogens with one attached hydrogen (secondary N) is 1. The van der Waals surface area contributed by atoms with E-state index in [1.807, 2.05) is 19.1 Å². The summed E-state index contributed by atoms with van der Waals surface area (Å²) in [6.45, 7) is 2.28. The molecule has 2 aromatic heterocycles. The second kappa shape index (κ2) is 6.75. The van der Waals surface area contributed by atoms with Crippen molar-refractivity contribution in [3.05, 3.63) is 64.9 Å². The van der Waals surface area contributed by atoms with Gasteiger partial charge in [0.25, 0.3) is 5.91 Å². The Labute approximate surface area is 137 Å². The van der Waals surface area contributed by atoms with E-state index in [4.69, 9.17) is 4.42 Å². The minimum atomic E-state index is -0.335. The number of hydrogen-bond acceptors (Lipinski definition) is 4. The van der Waals surface area contributed by atoms with Crippen molar-refractivity contribution in [3.63, 3.8) is 0 Å². The first kappa shape index (κ1) is 15.4. The Morgan fingerprint density at radius 1 is 1.35 bits per heavy atom. The lowest BCUT2D eigenvalue weighted by Gasteiger charge is -2.04. The average Bonchev–Trinajstić information content (AvgIpc) is 3.16. The first-order valence-corrected chi connectivity index (χ1v) is 7.99. The molecule has 3 aromatic rings. The van der Waals surface area contributed by atoms with Crippen molar-refractivity contribution in [2.24, 2.45) is 0 Å². The minimum Gasteiger partial charge on any atom is -0.469 e. The minimum absolute atomic E-state index is 0.264. The summed E-state index contributed by atoms with van der Waals surface area (Å²) in [5, 5.41) is 3.59. The van der Waals surface area contributed by atoms with Crippen LogP contribution in [0.15, 0.2) is 47.1 Å². The standard InChI is InChI=1S/C17H15FN2O2S/c1-11-20-15(16(23-11)12-4-2-5-13(18)10-12)17(21)19-8-7-14-6-3-9-22-14/h2-6,9-10H,7-8H2,1H3,(H,19,21). The van der Waals surface area contributed by atoms with Gasteiger partial charge in [-0.3, -0.25) is 4.79 Å². The number of hydrogen-bond donors (Lipinski definition) is 1. The monoisotopic (exact) mass is 330 g/mol. The highest BCUT2D eigenvalue weighted by molar-refractivity contribution is 7.15. The van der Waals surface area contributed by atoms with Gasteiger partial charge in [-0.05, 0) is 36.8 Å². The van der Waals surface area contributed by atoms with Crippen molar-refractivity contribution in [1.29, 1.82) is 0 Å². The molecule has 0 radical (unpaired) electrons. The van der Waals surface area contributed by atoms with Crippen LogP contribution in [-0.4, -0.2) is 17.4 Å². The predicted octanol–water partition coefficient (Wildman–Crippen LogP) is 3.82. The van der Waals surface area contributed by atoms with Crippen LogP contribution in [0.25, 0.3) is 10.4 Å². The fraction of sp³-hybridized carbons (Fsp3) is 0.176. The molecule has 0 unspecified atom stereocenters. The van der Waals surface area contributed by atoms with Crippen LogP contribution in [0.4, 0.5) is 4.39 Å². The third kappa shape index (κ3) is 3.65. The number of rotatable bonds is 5. The van der Waals surface area contributed by atoms with Crippen LogP contribution in [-0.2, 0) is 6.42 Å². The van der Waals surface area contributed by atoms with Gasteiger partial charge in [-0.1, -0.05) is 12.1 Å². The zero-order valence-corrected chi connectivity index (χ0v) is 13.3. The summed E-state index contributed by atoms with van der Waals surface area (Å²) < 4.78 is 18.7. The molecular weight excluding hydrogens is 315 g/mol. The molecule has 0 saturated carbocycles. The average molecular weight is 330 g/mol. The number of benzene rings is 1. The van der Waals surface area contributed by atoms with Crippen molar-refractivity contribution in [2.45, 2.75) is 13.3 Å². The van der Waals surface area contributed by atoms with Crippen LogP contribution < -0.4 is 5.32 Å². The first-order chi connectivity index (χ1) is 11.1. The third-order valence-electron chi connectivity index (χ3n) is 3.27. The summed E-state index contributed by atoms with van der Waals surface area (Å²) >= 11 is 1.38. The van der Waals surface area contributed by atoms with E-state index in [9.17, 15) is 9.18 Å². The Balaban J connectivity index is 1.75. The van der Waals surface area contributed by atoms with Gasteiger partial charge < -0.3 is 9.73 Å². The summed E-state index contributed by atoms with van der Waals surface area (Å²) in [5.74, 6) is 0.211.